The third-order valence-corrected chi connectivity index (χ3v) is 5.82. The van der Waals surface area contributed by atoms with Gasteiger partial charge in [0.2, 0.25) is 5.11 Å². The molecule has 28 heavy (non-hydrogen) atoms. The molecule has 1 N–H and O–H groups in total. The Bertz CT molecular complexity index is 912. The molecule has 1 amide bonds. The maximum absolute atomic E-state index is 12.2. The van der Waals surface area contributed by atoms with Crippen LogP contribution >= 0.6 is 23.8 Å². The number of carbonyl (C=O) groups is 1. The molecule has 1 unspecified atom stereocenters. The summed E-state index contributed by atoms with van der Waals surface area (Å²) in [6.07, 6.45) is 7.73. The monoisotopic (exact) mass is 417 g/mol. The lowest BCUT2D eigenvalue weighted by Crippen LogP contribution is -2.64. The topological polar surface area (TPSA) is 70.6 Å². The van der Waals surface area contributed by atoms with Crippen LogP contribution in [0, 0.1) is 0 Å². The summed E-state index contributed by atoms with van der Waals surface area (Å²) in [5, 5.41) is 5.42. The Kier molecular flexibility index (Phi) is 5.18. The molecular weight excluding hydrogens is 398 g/mol. The van der Waals surface area contributed by atoms with Crippen molar-refractivity contribution < 1.29 is 9.63 Å². The molecule has 2 saturated heterocycles. The highest BCUT2D eigenvalue weighted by Gasteiger charge is 2.43. The van der Waals surface area contributed by atoms with Crippen molar-refractivity contribution in [2.75, 3.05) is 23.5 Å². The van der Waals surface area contributed by atoms with Crippen LogP contribution in [0.4, 0.5) is 11.4 Å². The quantitative estimate of drug-likeness (QED) is 0.764. The summed E-state index contributed by atoms with van der Waals surface area (Å²) in [6, 6.07) is 5.21. The summed E-state index contributed by atoms with van der Waals surface area (Å²) in [5.41, 5.74) is 1.36. The van der Waals surface area contributed by atoms with Crippen LogP contribution in [-0.2, 0) is 4.84 Å². The fourth-order valence-electron chi connectivity index (χ4n) is 3.56. The van der Waals surface area contributed by atoms with Crippen molar-refractivity contribution in [2.45, 2.75) is 31.7 Å². The third kappa shape index (κ3) is 3.55. The van der Waals surface area contributed by atoms with Gasteiger partial charge in [-0.05, 0) is 56.6 Å². The standard InChI is InChI=1S/C19H20ClN5O2S/c1-19-6-2-3-9-24(19)18(28)25(27-12-19)16-5-4-13(10-14(16)20)23-17(26)15-11-21-7-8-22-15/h4-5,7-8,10-11H,2-3,6,9,12H2,1H3,(H,23,26). The highest BCUT2D eigenvalue weighted by molar-refractivity contribution is 7.80. The second-order valence-corrected chi connectivity index (χ2v) is 7.94. The van der Waals surface area contributed by atoms with Crippen molar-refractivity contribution in [3.05, 3.63) is 47.5 Å². The van der Waals surface area contributed by atoms with Gasteiger partial charge in [0.1, 0.15) is 5.69 Å². The molecule has 1 atom stereocenters. The van der Waals surface area contributed by atoms with Gasteiger partial charge in [0.25, 0.3) is 5.91 Å². The normalized spacial score (nSPS) is 22.0. The highest BCUT2D eigenvalue weighted by atomic mass is 35.5. The number of hydrogen-bond donors (Lipinski definition) is 1. The van der Waals surface area contributed by atoms with Crippen LogP contribution < -0.4 is 10.4 Å². The van der Waals surface area contributed by atoms with Crippen molar-refractivity contribution in [2.24, 2.45) is 0 Å². The van der Waals surface area contributed by atoms with Gasteiger partial charge >= 0.3 is 0 Å². The Morgan fingerprint density at radius 2 is 2.21 bits per heavy atom. The number of aromatic nitrogens is 2. The molecule has 4 rings (SSSR count). The average molecular weight is 418 g/mol. The van der Waals surface area contributed by atoms with Gasteiger partial charge in [-0.1, -0.05) is 11.6 Å². The molecule has 0 saturated carbocycles. The average Bonchev–Trinajstić information content (AvgIpc) is 2.70. The smallest absolute Gasteiger partial charge is 0.275 e. The van der Waals surface area contributed by atoms with Crippen LogP contribution in [0.3, 0.4) is 0 Å². The number of amides is 1. The lowest BCUT2D eigenvalue weighted by atomic mass is 9.89. The van der Waals surface area contributed by atoms with E-state index in [9.17, 15) is 4.79 Å². The Morgan fingerprint density at radius 1 is 1.36 bits per heavy atom. The van der Waals surface area contributed by atoms with E-state index in [1.807, 2.05) is 0 Å². The van der Waals surface area contributed by atoms with E-state index in [0.717, 1.165) is 19.4 Å². The first-order chi connectivity index (χ1) is 13.5. The van der Waals surface area contributed by atoms with Crippen LogP contribution in [0.15, 0.2) is 36.8 Å². The Balaban J connectivity index is 1.52. The molecule has 0 bridgehead atoms. The van der Waals surface area contributed by atoms with Crippen LogP contribution in [-0.4, -0.2) is 44.6 Å². The van der Waals surface area contributed by atoms with E-state index in [0.29, 0.717) is 28.1 Å². The number of fused-ring (bicyclic) bond motifs is 1. The molecule has 0 aliphatic carbocycles. The van der Waals surface area contributed by atoms with E-state index in [2.05, 4.69) is 27.1 Å². The Hall–Kier alpha value is -2.29. The molecule has 146 valence electrons. The number of benzene rings is 1. The van der Waals surface area contributed by atoms with Gasteiger partial charge in [-0.2, -0.15) is 5.06 Å². The van der Waals surface area contributed by atoms with Crippen molar-refractivity contribution >= 4 is 46.2 Å². The van der Waals surface area contributed by atoms with Gasteiger partial charge in [-0.3, -0.25) is 14.6 Å². The maximum atomic E-state index is 12.2. The molecule has 2 aliphatic heterocycles. The highest BCUT2D eigenvalue weighted by Crippen LogP contribution is 2.37. The third-order valence-electron chi connectivity index (χ3n) is 5.13. The number of hydrogen-bond acceptors (Lipinski definition) is 5. The van der Waals surface area contributed by atoms with E-state index in [1.165, 1.54) is 25.0 Å². The molecule has 0 spiro atoms. The molecule has 1 aromatic carbocycles. The van der Waals surface area contributed by atoms with Crippen LogP contribution in [0.5, 0.6) is 0 Å². The van der Waals surface area contributed by atoms with Crippen LogP contribution in [0.1, 0.15) is 36.7 Å². The first kappa shape index (κ1) is 19.0. The van der Waals surface area contributed by atoms with E-state index in [4.69, 9.17) is 28.7 Å². The lowest BCUT2D eigenvalue weighted by molar-refractivity contribution is -0.0178. The minimum absolute atomic E-state index is 0.0665. The van der Waals surface area contributed by atoms with Gasteiger partial charge in [0.15, 0.2) is 0 Å². The fourth-order valence-corrected chi connectivity index (χ4v) is 4.28. The lowest BCUT2D eigenvalue weighted by Gasteiger charge is -2.52. The number of anilines is 2. The molecule has 7 nitrogen and oxygen atoms in total. The molecule has 3 heterocycles. The van der Waals surface area contributed by atoms with Crippen molar-refractivity contribution in [3.8, 4) is 0 Å². The molecule has 2 aromatic rings. The zero-order valence-electron chi connectivity index (χ0n) is 15.4. The molecule has 2 aliphatic rings. The SMILES string of the molecule is CC12CCCCN1C(=S)N(c1ccc(NC(=O)c3cnccn3)cc1Cl)OC2. The van der Waals surface area contributed by atoms with E-state index in [-0.39, 0.29) is 17.1 Å². The number of carbonyl (C=O) groups excluding carboxylic acids is 1. The van der Waals surface area contributed by atoms with Crippen molar-refractivity contribution in [1.82, 2.24) is 14.9 Å². The van der Waals surface area contributed by atoms with Gasteiger partial charge in [-0.25, -0.2) is 4.98 Å². The molecule has 2 fully saturated rings. The van der Waals surface area contributed by atoms with Crippen LogP contribution in [0.25, 0.3) is 0 Å². The molecular formula is C19H20ClN5O2S. The first-order valence-corrected chi connectivity index (χ1v) is 9.88. The molecule has 9 heteroatoms. The largest absolute Gasteiger partial charge is 0.339 e. The van der Waals surface area contributed by atoms with Gasteiger partial charge in [0, 0.05) is 24.6 Å². The number of piperidine rings is 1. The van der Waals surface area contributed by atoms with Crippen LogP contribution in [0.2, 0.25) is 5.02 Å². The summed E-state index contributed by atoms with van der Waals surface area (Å²) in [7, 11) is 0. The Morgan fingerprint density at radius 3 is 2.96 bits per heavy atom. The summed E-state index contributed by atoms with van der Waals surface area (Å²) < 4.78 is 0. The number of nitrogens with one attached hydrogen (secondary N) is 1. The number of rotatable bonds is 3. The Labute approximate surface area is 173 Å². The minimum Gasteiger partial charge on any atom is -0.339 e. The second-order valence-electron chi connectivity index (χ2n) is 7.17. The maximum Gasteiger partial charge on any atom is 0.275 e. The number of hydroxylamine groups is 1. The van der Waals surface area contributed by atoms with E-state index in [1.54, 1.807) is 23.3 Å². The number of halogens is 1. The second kappa shape index (κ2) is 7.62. The van der Waals surface area contributed by atoms with E-state index >= 15 is 0 Å². The molecule has 0 radical (unpaired) electrons. The predicted molar refractivity (Wildman–Crippen MR) is 111 cm³/mol. The summed E-state index contributed by atoms with van der Waals surface area (Å²) >= 11 is 12.2. The zero-order chi connectivity index (χ0) is 19.7. The zero-order valence-corrected chi connectivity index (χ0v) is 17.0. The predicted octanol–water partition coefficient (Wildman–Crippen LogP) is 3.66. The minimum atomic E-state index is -0.356. The first-order valence-electron chi connectivity index (χ1n) is 9.09. The van der Waals surface area contributed by atoms with Gasteiger partial charge in [-0.15, -0.1) is 0 Å². The van der Waals surface area contributed by atoms with Gasteiger partial charge in [0.05, 0.1) is 29.1 Å². The summed E-state index contributed by atoms with van der Waals surface area (Å²) in [4.78, 5) is 28.3. The van der Waals surface area contributed by atoms with E-state index < -0.39 is 0 Å². The van der Waals surface area contributed by atoms with Crippen molar-refractivity contribution in [3.63, 3.8) is 0 Å². The molecule has 1 aromatic heterocycles. The number of thiocarbonyl (C=S) groups is 1. The van der Waals surface area contributed by atoms with Gasteiger partial charge < -0.3 is 10.2 Å². The summed E-state index contributed by atoms with van der Waals surface area (Å²) in [5.74, 6) is -0.356. The fraction of sp³-hybridized carbons (Fsp3) is 0.368. The number of nitrogens with zero attached hydrogens (tertiary/aromatic N) is 4. The van der Waals surface area contributed by atoms with Crippen molar-refractivity contribution in [1.29, 1.82) is 0 Å². The summed E-state index contributed by atoms with van der Waals surface area (Å²) in [6.45, 7) is 3.65.